The quantitative estimate of drug-likeness (QED) is 0.823. The smallest absolute Gasteiger partial charge is 0.175 e. The predicted octanol–water partition coefficient (Wildman–Crippen LogP) is 1.12. The van der Waals surface area contributed by atoms with E-state index in [1.165, 1.54) is 12.6 Å². The first-order chi connectivity index (χ1) is 9.43. The second kappa shape index (κ2) is 5.72. The van der Waals surface area contributed by atoms with Crippen LogP contribution in [0.4, 0.5) is 5.82 Å². The Kier molecular flexibility index (Phi) is 4.20. The highest BCUT2D eigenvalue weighted by Gasteiger charge is 2.13. The molecule has 6 nitrogen and oxygen atoms in total. The van der Waals surface area contributed by atoms with E-state index in [-0.39, 0.29) is 4.90 Å². The van der Waals surface area contributed by atoms with E-state index in [4.69, 9.17) is 4.74 Å². The van der Waals surface area contributed by atoms with Crippen molar-refractivity contribution in [3.05, 3.63) is 24.5 Å². The number of sulfone groups is 1. The standard InChI is InChI=1S/C13H17N3O3S/c1-16(6-7-19-2)13-11-8-10(20(3,17)18)4-5-12(11)14-9-15-13/h4-5,8-9H,6-7H2,1-3H3. The van der Waals surface area contributed by atoms with Crippen LogP contribution in [-0.4, -0.2) is 52.0 Å². The van der Waals surface area contributed by atoms with Crippen molar-refractivity contribution in [3.63, 3.8) is 0 Å². The van der Waals surface area contributed by atoms with Crippen LogP contribution in [0.3, 0.4) is 0 Å². The molecule has 1 heterocycles. The zero-order valence-electron chi connectivity index (χ0n) is 11.7. The van der Waals surface area contributed by atoms with Gasteiger partial charge in [-0.05, 0) is 18.2 Å². The largest absolute Gasteiger partial charge is 0.383 e. The van der Waals surface area contributed by atoms with E-state index in [1.54, 1.807) is 25.3 Å². The van der Waals surface area contributed by atoms with Crippen LogP contribution in [0.2, 0.25) is 0 Å². The fourth-order valence-electron chi connectivity index (χ4n) is 1.89. The molecule has 0 fully saturated rings. The highest BCUT2D eigenvalue weighted by molar-refractivity contribution is 7.90. The number of aromatic nitrogens is 2. The van der Waals surface area contributed by atoms with Gasteiger partial charge in [0, 0.05) is 32.3 Å². The number of rotatable bonds is 5. The first kappa shape index (κ1) is 14.7. The minimum atomic E-state index is -3.25. The molecule has 0 bridgehead atoms. The van der Waals surface area contributed by atoms with Crippen LogP contribution in [0.15, 0.2) is 29.4 Å². The summed E-state index contributed by atoms with van der Waals surface area (Å²) in [5.74, 6) is 0.692. The van der Waals surface area contributed by atoms with Gasteiger partial charge in [-0.15, -0.1) is 0 Å². The maximum atomic E-state index is 11.7. The molecule has 0 N–H and O–H groups in total. The fourth-order valence-corrected chi connectivity index (χ4v) is 2.54. The lowest BCUT2D eigenvalue weighted by atomic mass is 10.2. The molecule has 0 atom stereocenters. The molecule has 0 spiro atoms. The lowest BCUT2D eigenvalue weighted by Crippen LogP contribution is -2.23. The van der Waals surface area contributed by atoms with Crippen molar-refractivity contribution in [3.8, 4) is 0 Å². The predicted molar refractivity (Wildman–Crippen MR) is 77.8 cm³/mol. The van der Waals surface area contributed by atoms with Crippen LogP contribution in [0, 0.1) is 0 Å². The first-order valence-electron chi connectivity index (χ1n) is 6.08. The Morgan fingerprint density at radius 2 is 2.05 bits per heavy atom. The molecule has 0 unspecified atom stereocenters. The molecule has 2 aromatic rings. The Hall–Kier alpha value is -1.73. The van der Waals surface area contributed by atoms with Crippen molar-refractivity contribution >= 4 is 26.6 Å². The molecule has 2 rings (SSSR count). The Labute approximate surface area is 118 Å². The molecular weight excluding hydrogens is 278 g/mol. The van der Waals surface area contributed by atoms with Crippen LogP contribution < -0.4 is 4.90 Å². The maximum Gasteiger partial charge on any atom is 0.175 e. The number of hydrogen-bond acceptors (Lipinski definition) is 6. The van der Waals surface area contributed by atoms with E-state index in [9.17, 15) is 8.42 Å². The number of benzene rings is 1. The van der Waals surface area contributed by atoms with Crippen LogP contribution >= 0.6 is 0 Å². The molecule has 20 heavy (non-hydrogen) atoms. The summed E-state index contributed by atoms with van der Waals surface area (Å²) in [5.41, 5.74) is 0.715. The summed E-state index contributed by atoms with van der Waals surface area (Å²) >= 11 is 0. The monoisotopic (exact) mass is 295 g/mol. The summed E-state index contributed by atoms with van der Waals surface area (Å²) in [7, 11) is 0.263. The average Bonchev–Trinajstić information content (AvgIpc) is 2.42. The Morgan fingerprint density at radius 1 is 1.30 bits per heavy atom. The Morgan fingerprint density at radius 3 is 2.70 bits per heavy atom. The number of ether oxygens (including phenoxy) is 1. The van der Waals surface area contributed by atoms with Gasteiger partial charge < -0.3 is 9.64 Å². The number of hydrogen-bond donors (Lipinski definition) is 0. The van der Waals surface area contributed by atoms with Gasteiger partial charge in [0.1, 0.15) is 12.1 Å². The summed E-state index contributed by atoms with van der Waals surface area (Å²) < 4.78 is 28.4. The van der Waals surface area contributed by atoms with Crippen molar-refractivity contribution in [1.82, 2.24) is 9.97 Å². The number of fused-ring (bicyclic) bond motifs is 1. The third-order valence-corrected chi connectivity index (χ3v) is 4.12. The highest BCUT2D eigenvalue weighted by atomic mass is 32.2. The minimum Gasteiger partial charge on any atom is -0.383 e. The van der Waals surface area contributed by atoms with Crippen LogP contribution in [0.5, 0.6) is 0 Å². The number of anilines is 1. The SMILES string of the molecule is COCCN(C)c1ncnc2ccc(S(C)(=O)=O)cc12. The van der Waals surface area contributed by atoms with Gasteiger partial charge in [-0.3, -0.25) is 0 Å². The summed E-state index contributed by atoms with van der Waals surface area (Å²) in [4.78, 5) is 10.6. The van der Waals surface area contributed by atoms with E-state index in [0.29, 0.717) is 29.9 Å². The summed E-state index contributed by atoms with van der Waals surface area (Å²) in [6.07, 6.45) is 2.66. The molecule has 108 valence electrons. The molecular formula is C13H17N3O3S. The summed E-state index contributed by atoms with van der Waals surface area (Å²) in [6, 6.07) is 4.87. The van der Waals surface area contributed by atoms with Gasteiger partial charge in [0.05, 0.1) is 17.0 Å². The lowest BCUT2D eigenvalue weighted by Gasteiger charge is -2.19. The molecule has 0 saturated heterocycles. The minimum absolute atomic E-state index is 0.265. The second-order valence-corrected chi connectivity index (χ2v) is 6.58. The van der Waals surface area contributed by atoms with E-state index in [2.05, 4.69) is 9.97 Å². The third kappa shape index (κ3) is 3.05. The molecule has 1 aromatic carbocycles. The third-order valence-electron chi connectivity index (χ3n) is 3.01. The van der Waals surface area contributed by atoms with E-state index in [0.717, 1.165) is 0 Å². The van der Waals surface area contributed by atoms with Crippen molar-refractivity contribution in [2.24, 2.45) is 0 Å². The van der Waals surface area contributed by atoms with Crippen LogP contribution in [-0.2, 0) is 14.6 Å². The van der Waals surface area contributed by atoms with Crippen molar-refractivity contribution in [1.29, 1.82) is 0 Å². The van der Waals surface area contributed by atoms with Crippen molar-refractivity contribution in [2.75, 3.05) is 38.5 Å². The van der Waals surface area contributed by atoms with E-state index in [1.807, 2.05) is 11.9 Å². The number of nitrogens with zero attached hydrogens (tertiary/aromatic N) is 3. The lowest BCUT2D eigenvalue weighted by molar-refractivity contribution is 0.206. The van der Waals surface area contributed by atoms with Gasteiger partial charge in [-0.25, -0.2) is 18.4 Å². The molecule has 0 radical (unpaired) electrons. The molecule has 0 amide bonds. The van der Waals surface area contributed by atoms with Gasteiger partial charge in [0.2, 0.25) is 0 Å². The zero-order chi connectivity index (χ0) is 14.8. The molecule has 1 aromatic heterocycles. The van der Waals surface area contributed by atoms with E-state index >= 15 is 0 Å². The van der Waals surface area contributed by atoms with Crippen LogP contribution in [0.25, 0.3) is 10.9 Å². The van der Waals surface area contributed by atoms with Crippen molar-refractivity contribution in [2.45, 2.75) is 4.90 Å². The molecule has 0 aliphatic carbocycles. The van der Waals surface area contributed by atoms with Crippen molar-refractivity contribution < 1.29 is 13.2 Å². The van der Waals surface area contributed by atoms with E-state index < -0.39 is 9.84 Å². The molecule has 0 saturated carbocycles. The fraction of sp³-hybridized carbons (Fsp3) is 0.385. The van der Waals surface area contributed by atoms with Crippen LogP contribution in [0.1, 0.15) is 0 Å². The maximum absolute atomic E-state index is 11.7. The molecule has 0 aliphatic rings. The van der Waals surface area contributed by atoms with Gasteiger partial charge in [-0.2, -0.15) is 0 Å². The molecule has 7 heteroatoms. The summed E-state index contributed by atoms with van der Waals surface area (Å²) in [5, 5.41) is 0.717. The number of likely N-dealkylation sites (N-methyl/N-ethyl adjacent to an activating group) is 1. The van der Waals surface area contributed by atoms with Gasteiger partial charge in [-0.1, -0.05) is 0 Å². The zero-order valence-corrected chi connectivity index (χ0v) is 12.5. The van der Waals surface area contributed by atoms with Gasteiger partial charge in [0.15, 0.2) is 9.84 Å². The number of methoxy groups -OCH3 is 1. The Bertz CT molecular complexity index is 716. The topological polar surface area (TPSA) is 72.4 Å². The normalized spacial score (nSPS) is 11.8. The van der Waals surface area contributed by atoms with Gasteiger partial charge in [0.25, 0.3) is 0 Å². The average molecular weight is 295 g/mol. The summed E-state index contributed by atoms with van der Waals surface area (Å²) in [6.45, 7) is 1.22. The first-order valence-corrected chi connectivity index (χ1v) is 7.97. The Balaban J connectivity index is 2.54. The van der Waals surface area contributed by atoms with Gasteiger partial charge >= 0.3 is 0 Å². The highest BCUT2D eigenvalue weighted by Crippen LogP contribution is 2.24. The molecule has 0 aliphatic heterocycles. The second-order valence-electron chi connectivity index (χ2n) is 4.56.